The number of carbonyl (C=O) groups is 2. The van der Waals surface area contributed by atoms with E-state index >= 15 is 0 Å². The van der Waals surface area contributed by atoms with Crippen LogP contribution in [0.25, 0.3) is 0 Å². The maximum Gasteiger partial charge on any atom is 0.339 e. The molecule has 0 saturated carbocycles. The summed E-state index contributed by atoms with van der Waals surface area (Å²) in [5.74, 6) is -0.676. The number of hydrogen-bond donors (Lipinski definition) is 1. The van der Waals surface area contributed by atoms with E-state index in [1.165, 1.54) is 17.0 Å². The summed E-state index contributed by atoms with van der Waals surface area (Å²) < 4.78 is 11.4. The monoisotopic (exact) mass is 473 g/mol. The quantitative estimate of drug-likeness (QED) is 0.448. The summed E-state index contributed by atoms with van der Waals surface area (Å²) in [6, 6.07) is 18.3. The summed E-state index contributed by atoms with van der Waals surface area (Å²) in [5, 5.41) is 10.5. The highest BCUT2D eigenvalue weighted by Gasteiger charge is 2.15. The molecule has 0 fully saturated rings. The molecule has 0 unspecified atom stereocenters. The highest BCUT2D eigenvalue weighted by atomic mass is 35.5. The molecule has 32 heavy (non-hydrogen) atoms. The van der Waals surface area contributed by atoms with E-state index in [9.17, 15) is 14.7 Å². The summed E-state index contributed by atoms with van der Waals surface area (Å²) >= 11 is 11.9. The average Bonchev–Trinajstić information content (AvgIpc) is 2.77. The van der Waals surface area contributed by atoms with Gasteiger partial charge in [-0.05, 0) is 48.0 Å². The van der Waals surface area contributed by atoms with Crippen LogP contribution in [0.15, 0.2) is 66.7 Å². The Morgan fingerprint density at radius 2 is 1.66 bits per heavy atom. The molecule has 0 spiro atoms. The number of nitrogens with zero attached hydrogens (tertiary/aromatic N) is 1. The first-order chi connectivity index (χ1) is 15.3. The number of ether oxygens (including phenoxy) is 2. The van der Waals surface area contributed by atoms with Crippen molar-refractivity contribution >= 4 is 35.1 Å². The van der Waals surface area contributed by atoms with E-state index in [1.54, 1.807) is 55.6 Å². The maximum absolute atomic E-state index is 12.5. The van der Waals surface area contributed by atoms with Gasteiger partial charge in [0.15, 0.2) is 0 Å². The van der Waals surface area contributed by atoms with Gasteiger partial charge in [-0.15, -0.1) is 0 Å². The second kappa shape index (κ2) is 10.9. The molecule has 0 aliphatic carbocycles. The molecular weight excluding hydrogens is 453 g/mol. The van der Waals surface area contributed by atoms with Crippen LogP contribution in [-0.2, 0) is 6.61 Å². The van der Waals surface area contributed by atoms with Gasteiger partial charge in [0.1, 0.15) is 30.3 Å². The molecule has 6 nitrogen and oxygen atoms in total. The van der Waals surface area contributed by atoms with Gasteiger partial charge in [-0.2, -0.15) is 0 Å². The largest absolute Gasteiger partial charge is 0.492 e. The van der Waals surface area contributed by atoms with Gasteiger partial charge in [-0.3, -0.25) is 4.79 Å². The zero-order valence-corrected chi connectivity index (χ0v) is 18.8. The number of carboxylic acid groups (broad SMARTS) is 1. The molecule has 0 saturated heterocycles. The van der Waals surface area contributed by atoms with Crippen molar-refractivity contribution in [2.75, 3.05) is 20.2 Å². The number of halogens is 2. The smallest absolute Gasteiger partial charge is 0.339 e. The zero-order chi connectivity index (χ0) is 23.1. The number of aromatic carboxylic acids is 1. The molecule has 0 atom stereocenters. The Labute approximate surface area is 195 Å². The normalized spacial score (nSPS) is 10.5. The third-order valence-electron chi connectivity index (χ3n) is 4.58. The highest BCUT2D eigenvalue weighted by molar-refractivity contribution is 6.31. The van der Waals surface area contributed by atoms with Crippen LogP contribution < -0.4 is 9.47 Å². The Morgan fingerprint density at radius 1 is 0.938 bits per heavy atom. The van der Waals surface area contributed by atoms with Crippen molar-refractivity contribution in [2.45, 2.75) is 6.61 Å². The molecular formula is C24H21Cl2NO5. The van der Waals surface area contributed by atoms with Crippen molar-refractivity contribution in [2.24, 2.45) is 0 Å². The minimum atomic E-state index is -1.11. The zero-order valence-electron chi connectivity index (χ0n) is 17.3. The molecule has 3 aromatic carbocycles. The first-order valence-electron chi connectivity index (χ1n) is 9.72. The first kappa shape index (κ1) is 23.4. The van der Waals surface area contributed by atoms with E-state index in [4.69, 9.17) is 32.7 Å². The summed E-state index contributed by atoms with van der Waals surface area (Å²) in [7, 11) is 1.67. The topological polar surface area (TPSA) is 76.1 Å². The number of carboxylic acids is 1. The molecule has 0 aliphatic rings. The predicted octanol–water partition coefficient (Wildman–Crippen LogP) is 5.42. The molecule has 166 valence electrons. The Kier molecular flexibility index (Phi) is 7.98. The van der Waals surface area contributed by atoms with Crippen molar-refractivity contribution < 1.29 is 24.2 Å². The molecule has 3 rings (SSSR count). The van der Waals surface area contributed by atoms with Crippen LogP contribution in [0.5, 0.6) is 11.5 Å². The number of benzene rings is 3. The molecule has 3 aromatic rings. The molecule has 0 aromatic heterocycles. The number of likely N-dealkylation sites (N-methyl/N-ethyl adjacent to an activating group) is 1. The van der Waals surface area contributed by atoms with Crippen molar-refractivity contribution in [3.8, 4) is 11.5 Å². The van der Waals surface area contributed by atoms with Crippen LogP contribution in [-0.4, -0.2) is 42.1 Å². The maximum atomic E-state index is 12.5. The lowest BCUT2D eigenvalue weighted by Crippen LogP contribution is -2.30. The van der Waals surface area contributed by atoms with Gasteiger partial charge in [0.2, 0.25) is 0 Å². The summed E-state index contributed by atoms with van der Waals surface area (Å²) in [5.41, 5.74) is 1.32. The van der Waals surface area contributed by atoms with E-state index in [-0.39, 0.29) is 30.4 Å². The van der Waals surface area contributed by atoms with Crippen LogP contribution in [0, 0.1) is 0 Å². The SMILES string of the molecule is CN(CCOc1ccc(C(=O)O)c(OCc2cccc(Cl)c2)c1)C(=O)c1cccc(Cl)c1. The second-order valence-corrected chi connectivity index (χ2v) is 7.84. The fourth-order valence-electron chi connectivity index (χ4n) is 2.92. The predicted molar refractivity (Wildman–Crippen MR) is 123 cm³/mol. The van der Waals surface area contributed by atoms with Gasteiger partial charge < -0.3 is 19.5 Å². The van der Waals surface area contributed by atoms with Gasteiger partial charge in [0.05, 0.1) is 6.54 Å². The number of rotatable bonds is 9. The summed E-state index contributed by atoms with van der Waals surface area (Å²) in [6.07, 6.45) is 0. The van der Waals surface area contributed by atoms with E-state index in [1.807, 2.05) is 6.07 Å². The Hall–Kier alpha value is -3.22. The van der Waals surface area contributed by atoms with Crippen LogP contribution >= 0.6 is 23.2 Å². The van der Waals surface area contributed by atoms with Crippen molar-refractivity contribution in [3.63, 3.8) is 0 Å². The lowest BCUT2D eigenvalue weighted by Gasteiger charge is -2.18. The molecule has 0 heterocycles. The number of carbonyl (C=O) groups excluding carboxylic acids is 1. The molecule has 8 heteroatoms. The second-order valence-electron chi connectivity index (χ2n) is 6.97. The molecule has 1 amide bonds. The third kappa shape index (κ3) is 6.39. The molecule has 1 N–H and O–H groups in total. The summed E-state index contributed by atoms with van der Waals surface area (Å²) in [4.78, 5) is 25.5. The van der Waals surface area contributed by atoms with Gasteiger partial charge in [-0.1, -0.05) is 41.4 Å². The van der Waals surface area contributed by atoms with Crippen LogP contribution in [0.4, 0.5) is 0 Å². The lowest BCUT2D eigenvalue weighted by atomic mass is 10.2. The molecule has 0 aliphatic heterocycles. The average molecular weight is 474 g/mol. The van der Waals surface area contributed by atoms with Crippen molar-refractivity contribution in [1.82, 2.24) is 4.90 Å². The Balaban J connectivity index is 1.62. The van der Waals surface area contributed by atoms with Gasteiger partial charge in [0, 0.05) is 28.7 Å². The number of amides is 1. The Bertz CT molecular complexity index is 1120. The first-order valence-corrected chi connectivity index (χ1v) is 10.5. The number of hydrogen-bond acceptors (Lipinski definition) is 4. The highest BCUT2D eigenvalue weighted by Crippen LogP contribution is 2.26. The fraction of sp³-hybridized carbons (Fsp3) is 0.167. The lowest BCUT2D eigenvalue weighted by molar-refractivity contribution is 0.0690. The minimum Gasteiger partial charge on any atom is -0.492 e. The van der Waals surface area contributed by atoms with Crippen molar-refractivity contribution in [3.05, 3.63) is 93.5 Å². The van der Waals surface area contributed by atoms with Crippen molar-refractivity contribution in [1.29, 1.82) is 0 Å². The van der Waals surface area contributed by atoms with E-state index in [2.05, 4.69) is 0 Å². The molecule has 0 radical (unpaired) electrons. The van der Waals surface area contributed by atoms with Crippen LogP contribution in [0.2, 0.25) is 10.0 Å². The summed E-state index contributed by atoms with van der Waals surface area (Å²) in [6.45, 7) is 0.689. The minimum absolute atomic E-state index is 0.0210. The van der Waals surface area contributed by atoms with Crippen LogP contribution in [0.1, 0.15) is 26.3 Å². The Morgan fingerprint density at radius 3 is 2.34 bits per heavy atom. The molecule has 0 bridgehead atoms. The fourth-order valence-corrected chi connectivity index (χ4v) is 3.32. The third-order valence-corrected chi connectivity index (χ3v) is 5.05. The van der Waals surface area contributed by atoms with Gasteiger partial charge >= 0.3 is 5.97 Å². The standard InChI is InChI=1S/C24H21Cl2NO5/c1-27(23(28)17-5-3-7-19(26)13-17)10-11-31-20-8-9-21(24(29)30)22(14-20)32-15-16-4-2-6-18(25)12-16/h2-9,12-14H,10-11,15H2,1H3,(H,29,30). The van der Waals surface area contributed by atoms with E-state index < -0.39 is 5.97 Å². The van der Waals surface area contributed by atoms with Crippen LogP contribution in [0.3, 0.4) is 0 Å². The van der Waals surface area contributed by atoms with Gasteiger partial charge in [-0.25, -0.2) is 4.79 Å². The van der Waals surface area contributed by atoms with E-state index in [0.29, 0.717) is 27.9 Å². The van der Waals surface area contributed by atoms with E-state index in [0.717, 1.165) is 5.56 Å². The van der Waals surface area contributed by atoms with Gasteiger partial charge in [0.25, 0.3) is 5.91 Å².